The summed E-state index contributed by atoms with van der Waals surface area (Å²) in [5, 5.41) is 25.1. The van der Waals surface area contributed by atoms with Crippen molar-refractivity contribution in [3.63, 3.8) is 0 Å². The highest BCUT2D eigenvalue weighted by Crippen LogP contribution is 2.14. The summed E-state index contributed by atoms with van der Waals surface area (Å²) in [6.07, 6.45) is -0.189. The summed E-state index contributed by atoms with van der Waals surface area (Å²) >= 11 is 0. The minimum Gasteiger partial charge on any atom is -0.391 e. The first kappa shape index (κ1) is 13.0. The SMILES string of the molecule is Cc1onc(C(=O)N[C@@H]2CCOC[C@H]2O)c1CO. The topological polar surface area (TPSA) is 105 Å². The molecule has 100 valence electrons. The van der Waals surface area contributed by atoms with Gasteiger partial charge in [-0.05, 0) is 13.3 Å². The zero-order chi connectivity index (χ0) is 13.1. The molecule has 1 aliphatic heterocycles. The van der Waals surface area contributed by atoms with Crippen LogP contribution in [0, 0.1) is 6.92 Å². The molecule has 0 aromatic carbocycles. The largest absolute Gasteiger partial charge is 0.391 e. The van der Waals surface area contributed by atoms with Crippen LogP contribution in [0.25, 0.3) is 0 Å². The first-order chi connectivity index (χ1) is 8.63. The number of nitrogens with one attached hydrogen (secondary N) is 1. The molecule has 1 saturated heterocycles. The third-order valence-corrected chi connectivity index (χ3v) is 3.00. The molecule has 0 saturated carbocycles. The van der Waals surface area contributed by atoms with Crippen LogP contribution >= 0.6 is 0 Å². The number of aliphatic hydroxyl groups excluding tert-OH is 2. The lowest BCUT2D eigenvalue weighted by Gasteiger charge is -2.28. The molecule has 3 N–H and O–H groups in total. The van der Waals surface area contributed by atoms with Gasteiger partial charge in [-0.15, -0.1) is 0 Å². The summed E-state index contributed by atoms with van der Waals surface area (Å²) in [7, 11) is 0. The van der Waals surface area contributed by atoms with Crippen LogP contribution in [0.1, 0.15) is 28.2 Å². The lowest BCUT2D eigenvalue weighted by molar-refractivity contribution is -0.0261. The quantitative estimate of drug-likeness (QED) is 0.664. The van der Waals surface area contributed by atoms with Gasteiger partial charge in [-0.1, -0.05) is 5.16 Å². The molecule has 1 aromatic rings. The Morgan fingerprint density at radius 1 is 1.61 bits per heavy atom. The van der Waals surface area contributed by atoms with Crippen molar-refractivity contribution >= 4 is 5.91 Å². The van der Waals surface area contributed by atoms with Crippen molar-refractivity contribution in [1.29, 1.82) is 0 Å². The van der Waals surface area contributed by atoms with Crippen LogP contribution in [0.4, 0.5) is 0 Å². The smallest absolute Gasteiger partial charge is 0.274 e. The molecule has 2 rings (SSSR count). The molecule has 0 unspecified atom stereocenters. The van der Waals surface area contributed by atoms with E-state index in [0.29, 0.717) is 24.4 Å². The number of rotatable bonds is 3. The normalized spacial score (nSPS) is 23.9. The molecular weight excluding hydrogens is 240 g/mol. The fourth-order valence-corrected chi connectivity index (χ4v) is 1.88. The van der Waals surface area contributed by atoms with E-state index in [0.717, 1.165) is 0 Å². The highest BCUT2D eigenvalue weighted by atomic mass is 16.5. The molecule has 0 radical (unpaired) electrons. The van der Waals surface area contributed by atoms with E-state index < -0.39 is 12.0 Å². The Morgan fingerprint density at radius 3 is 3.06 bits per heavy atom. The first-order valence-electron chi connectivity index (χ1n) is 5.76. The van der Waals surface area contributed by atoms with Crippen molar-refractivity contribution in [3.8, 4) is 0 Å². The van der Waals surface area contributed by atoms with Gasteiger partial charge in [0.25, 0.3) is 5.91 Å². The summed E-state index contributed by atoms with van der Waals surface area (Å²) in [4.78, 5) is 12.0. The number of ether oxygens (including phenoxy) is 1. The van der Waals surface area contributed by atoms with Crippen LogP contribution in [0.15, 0.2) is 4.52 Å². The number of carbonyl (C=O) groups excluding carboxylic acids is 1. The molecule has 2 atom stereocenters. The molecule has 2 heterocycles. The van der Waals surface area contributed by atoms with Gasteiger partial charge in [0.1, 0.15) is 5.76 Å². The second-order valence-corrected chi connectivity index (χ2v) is 4.23. The molecule has 18 heavy (non-hydrogen) atoms. The number of aliphatic hydroxyl groups is 2. The van der Waals surface area contributed by atoms with E-state index in [1.54, 1.807) is 6.92 Å². The minimum atomic E-state index is -0.728. The van der Waals surface area contributed by atoms with Gasteiger partial charge < -0.3 is 24.8 Å². The van der Waals surface area contributed by atoms with Crippen molar-refractivity contribution in [3.05, 3.63) is 17.0 Å². The number of aryl methyl sites for hydroxylation is 1. The Balaban J connectivity index is 2.07. The van der Waals surface area contributed by atoms with Crippen molar-refractivity contribution in [2.24, 2.45) is 0 Å². The summed E-state index contributed by atoms with van der Waals surface area (Å²) in [5.41, 5.74) is 0.433. The average molecular weight is 256 g/mol. The van der Waals surface area contributed by atoms with E-state index >= 15 is 0 Å². The van der Waals surface area contributed by atoms with Crippen molar-refractivity contribution < 1.29 is 24.3 Å². The lowest BCUT2D eigenvalue weighted by atomic mass is 10.1. The lowest BCUT2D eigenvalue weighted by Crippen LogP contribution is -2.48. The summed E-state index contributed by atoms with van der Waals surface area (Å²) in [6, 6.07) is -0.366. The molecule has 0 spiro atoms. The Bertz CT molecular complexity index is 431. The van der Waals surface area contributed by atoms with Crippen LogP contribution in [-0.2, 0) is 11.3 Å². The molecule has 0 bridgehead atoms. The van der Waals surface area contributed by atoms with E-state index in [4.69, 9.17) is 14.4 Å². The monoisotopic (exact) mass is 256 g/mol. The van der Waals surface area contributed by atoms with Crippen LogP contribution in [-0.4, -0.2) is 46.6 Å². The Labute approximate surface area is 104 Å². The third kappa shape index (κ3) is 2.53. The van der Waals surface area contributed by atoms with Crippen LogP contribution < -0.4 is 5.32 Å². The van der Waals surface area contributed by atoms with Crippen molar-refractivity contribution in [1.82, 2.24) is 10.5 Å². The summed E-state index contributed by atoms with van der Waals surface area (Å²) in [6.45, 7) is 2.01. The zero-order valence-electron chi connectivity index (χ0n) is 10.0. The first-order valence-corrected chi connectivity index (χ1v) is 5.76. The van der Waals surface area contributed by atoms with Gasteiger partial charge in [0, 0.05) is 6.61 Å². The van der Waals surface area contributed by atoms with E-state index in [1.165, 1.54) is 0 Å². The molecule has 7 heteroatoms. The molecule has 1 aliphatic rings. The van der Waals surface area contributed by atoms with Crippen molar-refractivity contribution in [2.75, 3.05) is 13.2 Å². The van der Waals surface area contributed by atoms with Gasteiger partial charge in [0.05, 0.1) is 30.9 Å². The standard InChI is InChI=1S/C11H16N2O5/c1-6-7(4-14)10(13-18-6)11(16)12-8-2-3-17-5-9(8)15/h8-9,14-15H,2-5H2,1H3,(H,12,16)/t8-,9-/m1/s1. The fourth-order valence-electron chi connectivity index (χ4n) is 1.88. The number of amides is 1. The Morgan fingerprint density at radius 2 is 2.39 bits per heavy atom. The predicted molar refractivity (Wildman–Crippen MR) is 59.9 cm³/mol. The molecule has 0 aliphatic carbocycles. The fraction of sp³-hybridized carbons (Fsp3) is 0.636. The maximum absolute atomic E-state index is 12.0. The van der Waals surface area contributed by atoms with Gasteiger partial charge in [0.15, 0.2) is 5.69 Å². The number of carbonyl (C=O) groups is 1. The summed E-state index contributed by atoms with van der Waals surface area (Å²) < 4.78 is 9.94. The minimum absolute atomic E-state index is 0.0636. The maximum atomic E-state index is 12.0. The van der Waals surface area contributed by atoms with Crippen molar-refractivity contribution in [2.45, 2.75) is 32.1 Å². The van der Waals surface area contributed by atoms with Gasteiger partial charge in [-0.3, -0.25) is 4.79 Å². The number of nitrogens with zero attached hydrogens (tertiary/aromatic N) is 1. The number of aromatic nitrogens is 1. The third-order valence-electron chi connectivity index (χ3n) is 3.00. The zero-order valence-corrected chi connectivity index (χ0v) is 10.0. The number of hydrogen-bond donors (Lipinski definition) is 3. The molecule has 1 fully saturated rings. The molecular formula is C11H16N2O5. The second-order valence-electron chi connectivity index (χ2n) is 4.23. The molecule has 1 aromatic heterocycles. The predicted octanol–water partition coefficient (Wildman–Crippen LogP) is -0.645. The van der Waals surface area contributed by atoms with E-state index in [2.05, 4.69) is 10.5 Å². The van der Waals surface area contributed by atoms with E-state index in [1.807, 2.05) is 0 Å². The van der Waals surface area contributed by atoms with E-state index in [9.17, 15) is 9.90 Å². The average Bonchev–Trinajstić information content (AvgIpc) is 2.73. The summed E-state index contributed by atoms with van der Waals surface area (Å²) in [5.74, 6) is -0.0444. The van der Waals surface area contributed by atoms with Crippen LogP contribution in [0.3, 0.4) is 0 Å². The number of hydrogen-bond acceptors (Lipinski definition) is 6. The van der Waals surface area contributed by atoms with Crippen LogP contribution in [0.2, 0.25) is 0 Å². The molecule has 1 amide bonds. The van der Waals surface area contributed by atoms with Gasteiger partial charge >= 0.3 is 0 Å². The van der Waals surface area contributed by atoms with E-state index in [-0.39, 0.29) is 24.9 Å². The van der Waals surface area contributed by atoms with Crippen LogP contribution in [0.5, 0.6) is 0 Å². The Hall–Kier alpha value is -1.44. The maximum Gasteiger partial charge on any atom is 0.274 e. The Kier molecular flexibility index (Phi) is 3.95. The molecule has 7 nitrogen and oxygen atoms in total. The van der Waals surface area contributed by atoms with Gasteiger partial charge in [0.2, 0.25) is 0 Å². The second kappa shape index (κ2) is 5.47. The van der Waals surface area contributed by atoms with Gasteiger partial charge in [-0.25, -0.2) is 0 Å². The van der Waals surface area contributed by atoms with Gasteiger partial charge in [-0.2, -0.15) is 0 Å². The highest BCUT2D eigenvalue weighted by molar-refractivity contribution is 5.94. The highest BCUT2D eigenvalue weighted by Gasteiger charge is 2.28.